The van der Waals surface area contributed by atoms with Crippen molar-refractivity contribution in [3.05, 3.63) is 12.2 Å². The fourth-order valence-electron chi connectivity index (χ4n) is 6.07. The van der Waals surface area contributed by atoms with Gasteiger partial charge in [-0.3, -0.25) is 4.79 Å². The van der Waals surface area contributed by atoms with E-state index in [0.717, 1.165) is 51.6 Å². The number of ether oxygens (including phenoxy) is 2. The van der Waals surface area contributed by atoms with Crippen molar-refractivity contribution in [2.45, 2.75) is 167 Å². The van der Waals surface area contributed by atoms with Crippen molar-refractivity contribution in [3.63, 3.8) is 0 Å². The molecule has 7 heteroatoms. The van der Waals surface area contributed by atoms with E-state index in [4.69, 9.17) is 19.0 Å². The number of hydrogen-bond donors (Lipinski definition) is 2. The van der Waals surface area contributed by atoms with Gasteiger partial charge < -0.3 is 24.1 Å². The molecule has 234 valence electrons. The quantitative estimate of drug-likeness (QED) is 0.0957. The van der Waals surface area contributed by atoms with Crippen LogP contribution in [0.25, 0.3) is 0 Å². The third-order valence-corrected chi connectivity index (χ3v) is 14.2. The maximum absolute atomic E-state index is 11.2. The molecular formula is C33H62O6Si. The third-order valence-electron chi connectivity index (χ3n) is 9.73. The molecule has 2 N–H and O–H groups in total. The Labute approximate surface area is 246 Å². The molecule has 0 bridgehead atoms. The summed E-state index contributed by atoms with van der Waals surface area (Å²) >= 11 is 0. The van der Waals surface area contributed by atoms with Crippen molar-refractivity contribution in [2.75, 3.05) is 6.61 Å². The monoisotopic (exact) mass is 582 g/mol. The highest BCUT2D eigenvalue weighted by Gasteiger charge is 2.45. The minimum absolute atomic E-state index is 0.00701. The summed E-state index contributed by atoms with van der Waals surface area (Å²) < 4.78 is 19.6. The molecule has 1 saturated carbocycles. The van der Waals surface area contributed by atoms with E-state index in [2.05, 4.69) is 59.9 Å². The molecule has 0 amide bonds. The summed E-state index contributed by atoms with van der Waals surface area (Å²) in [5.41, 5.74) is 0. The first-order valence-electron chi connectivity index (χ1n) is 16.4. The molecule has 3 unspecified atom stereocenters. The van der Waals surface area contributed by atoms with Gasteiger partial charge in [0.25, 0.3) is 0 Å². The lowest BCUT2D eigenvalue weighted by molar-refractivity contribution is -0.196. The summed E-state index contributed by atoms with van der Waals surface area (Å²) in [6, 6.07) is 0. The van der Waals surface area contributed by atoms with Gasteiger partial charge in [-0.05, 0) is 93.7 Å². The number of aliphatic hydroxyl groups excluding tert-OH is 1. The second-order valence-electron chi connectivity index (χ2n) is 14.1. The Morgan fingerprint density at radius 1 is 1.10 bits per heavy atom. The average Bonchev–Trinajstić information content (AvgIpc) is 3.17. The number of aliphatic hydroxyl groups is 1. The minimum atomic E-state index is -1.93. The van der Waals surface area contributed by atoms with Crippen LogP contribution in [0.15, 0.2) is 12.2 Å². The molecule has 2 fully saturated rings. The van der Waals surface area contributed by atoms with Gasteiger partial charge in [0.1, 0.15) is 0 Å². The van der Waals surface area contributed by atoms with Crippen molar-refractivity contribution in [2.24, 2.45) is 17.8 Å². The number of allylic oxidation sites excluding steroid dienone is 2. The van der Waals surface area contributed by atoms with Crippen LogP contribution < -0.4 is 0 Å². The molecule has 1 saturated heterocycles. The Bertz CT molecular complexity index is 742. The van der Waals surface area contributed by atoms with Crippen molar-refractivity contribution in [3.8, 4) is 0 Å². The van der Waals surface area contributed by atoms with Crippen molar-refractivity contribution >= 4 is 14.3 Å². The van der Waals surface area contributed by atoms with Gasteiger partial charge in [-0.1, -0.05) is 66.0 Å². The van der Waals surface area contributed by atoms with E-state index in [1.807, 2.05) is 0 Å². The van der Waals surface area contributed by atoms with Gasteiger partial charge in [0.2, 0.25) is 0 Å². The molecule has 6 nitrogen and oxygen atoms in total. The number of rotatable bonds is 18. The molecular weight excluding hydrogens is 520 g/mol. The molecule has 40 heavy (non-hydrogen) atoms. The summed E-state index contributed by atoms with van der Waals surface area (Å²) in [4.78, 5) is 10.8. The van der Waals surface area contributed by atoms with Crippen LogP contribution in [0.5, 0.6) is 0 Å². The highest BCUT2D eigenvalue weighted by Crippen LogP contribution is 2.43. The van der Waals surface area contributed by atoms with Crippen molar-refractivity contribution in [1.82, 2.24) is 0 Å². The van der Waals surface area contributed by atoms with E-state index in [-0.39, 0.29) is 41.8 Å². The second kappa shape index (κ2) is 17.4. The predicted octanol–water partition coefficient (Wildman–Crippen LogP) is 8.48. The van der Waals surface area contributed by atoms with Gasteiger partial charge in [-0.15, -0.1) is 0 Å². The summed E-state index contributed by atoms with van der Waals surface area (Å²) in [5, 5.41) is 20.3. The highest BCUT2D eigenvalue weighted by atomic mass is 28.4. The number of hydrogen-bond acceptors (Lipinski definition) is 5. The topological polar surface area (TPSA) is 85.2 Å². The number of unbranched alkanes of at least 4 members (excludes halogenated alkanes) is 3. The molecule has 0 aromatic carbocycles. The summed E-state index contributed by atoms with van der Waals surface area (Å²) in [7, 11) is -1.93. The summed E-state index contributed by atoms with van der Waals surface area (Å²) in [6.45, 7) is 17.1. The normalized spacial score (nSPS) is 27.8. The SMILES string of the molecule is CCCCCC(C)[C@H](CC[C@H]1C(OC2CCCCO2)C[C@H](O)[C@@H]1CC=CCCCC(=O)O)O[Si](C)(C)C(C)(C)C. The third kappa shape index (κ3) is 11.9. The molecule has 0 spiro atoms. The van der Waals surface area contributed by atoms with Crippen LogP contribution in [0.4, 0.5) is 0 Å². The van der Waals surface area contributed by atoms with Crippen LogP contribution in [0.1, 0.15) is 125 Å². The maximum Gasteiger partial charge on any atom is 0.303 e. The molecule has 0 aromatic heterocycles. The molecule has 1 aliphatic heterocycles. The van der Waals surface area contributed by atoms with Gasteiger partial charge in [0.05, 0.1) is 12.2 Å². The first-order chi connectivity index (χ1) is 18.9. The van der Waals surface area contributed by atoms with Crippen LogP contribution in [0.3, 0.4) is 0 Å². The molecule has 2 rings (SSSR count). The lowest BCUT2D eigenvalue weighted by atomic mass is 9.84. The van der Waals surface area contributed by atoms with Crippen molar-refractivity contribution < 1.29 is 28.9 Å². The molecule has 2 aliphatic rings. The van der Waals surface area contributed by atoms with Crippen LogP contribution in [0.2, 0.25) is 18.1 Å². The van der Waals surface area contributed by atoms with E-state index >= 15 is 0 Å². The second-order valence-corrected chi connectivity index (χ2v) is 18.8. The van der Waals surface area contributed by atoms with Crippen LogP contribution in [-0.4, -0.2) is 55.7 Å². The minimum Gasteiger partial charge on any atom is -0.481 e. The Balaban J connectivity index is 2.16. The highest BCUT2D eigenvalue weighted by molar-refractivity contribution is 6.74. The number of aliphatic carboxylic acids is 1. The fraction of sp³-hybridized carbons (Fsp3) is 0.909. The smallest absolute Gasteiger partial charge is 0.303 e. The number of carboxylic acids is 1. The maximum atomic E-state index is 11.2. The largest absolute Gasteiger partial charge is 0.481 e. The molecule has 7 atom stereocenters. The number of carboxylic acid groups (broad SMARTS) is 1. The lowest BCUT2D eigenvalue weighted by Gasteiger charge is -2.41. The van der Waals surface area contributed by atoms with E-state index in [1.54, 1.807) is 0 Å². The Morgan fingerprint density at radius 3 is 2.48 bits per heavy atom. The van der Waals surface area contributed by atoms with E-state index in [0.29, 0.717) is 18.8 Å². The van der Waals surface area contributed by atoms with Crippen LogP contribution in [0, 0.1) is 17.8 Å². The average molecular weight is 583 g/mol. The number of carbonyl (C=O) groups is 1. The summed E-state index contributed by atoms with van der Waals surface area (Å²) in [5.74, 6) is 0.134. The zero-order valence-corrected chi connectivity index (χ0v) is 27.8. The summed E-state index contributed by atoms with van der Waals surface area (Å²) in [6.07, 6.45) is 17.0. The zero-order valence-electron chi connectivity index (χ0n) is 26.8. The van der Waals surface area contributed by atoms with Gasteiger partial charge in [-0.25, -0.2) is 0 Å². The van der Waals surface area contributed by atoms with E-state index < -0.39 is 20.4 Å². The molecule has 0 aromatic rings. The van der Waals surface area contributed by atoms with Crippen LogP contribution in [-0.2, 0) is 18.7 Å². The molecule has 1 heterocycles. The molecule has 0 radical (unpaired) electrons. The van der Waals surface area contributed by atoms with Gasteiger partial charge in [0.15, 0.2) is 14.6 Å². The molecule has 1 aliphatic carbocycles. The lowest BCUT2D eigenvalue weighted by Crippen LogP contribution is -2.45. The Hall–Kier alpha value is -0.733. The van der Waals surface area contributed by atoms with E-state index in [1.165, 1.54) is 25.7 Å². The van der Waals surface area contributed by atoms with Crippen LogP contribution >= 0.6 is 0 Å². The Kier molecular flexibility index (Phi) is 15.4. The standard InChI is InChI=1S/C33H62O6Si/c1-8-9-12-17-25(2)29(39-40(6,7)33(3,4)5)22-21-27-26(18-13-10-11-14-19-31(35)36)28(34)24-30(27)38-32-20-15-16-23-37-32/h10,13,25-30,32,34H,8-9,11-12,14-24H2,1-7H3,(H,35,36)/t25?,26-,27-,28+,29+,30?,32?/m1/s1. The van der Waals surface area contributed by atoms with Gasteiger partial charge in [-0.2, -0.15) is 0 Å². The van der Waals surface area contributed by atoms with Crippen molar-refractivity contribution in [1.29, 1.82) is 0 Å². The first kappa shape index (κ1) is 35.5. The van der Waals surface area contributed by atoms with Gasteiger partial charge >= 0.3 is 5.97 Å². The fourth-order valence-corrected chi connectivity index (χ4v) is 7.53. The zero-order chi connectivity index (χ0) is 29.8. The van der Waals surface area contributed by atoms with E-state index in [9.17, 15) is 9.90 Å². The van der Waals surface area contributed by atoms with Gasteiger partial charge in [0, 0.05) is 25.6 Å². The first-order valence-corrected chi connectivity index (χ1v) is 19.3. The Morgan fingerprint density at radius 2 is 1.85 bits per heavy atom. The predicted molar refractivity (Wildman–Crippen MR) is 166 cm³/mol.